The number of primary amides is 1. The van der Waals surface area contributed by atoms with Crippen LogP contribution in [0.2, 0.25) is 0 Å². The maximum absolute atomic E-state index is 10.6. The number of aliphatic hydroxyl groups is 1. The molecule has 1 aliphatic rings. The van der Waals surface area contributed by atoms with Crippen LogP contribution >= 0.6 is 0 Å². The summed E-state index contributed by atoms with van der Waals surface area (Å²) in [7, 11) is 0. The first-order chi connectivity index (χ1) is 4.70. The Bertz CT molecular complexity index is 128. The summed E-state index contributed by atoms with van der Waals surface area (Å²) >= 11 is 0. The Morgan fingerprint density at radius 3 is 2.20 bits per heavy atom. The SMILES string of the molecule is NC(=O)C1CCC(O)CC1. The summed E-state index contributed by atoms with van der Waals surface area (Å²) in [6.07, 6.45) is 2.78. The molecule has 58 valence electrons. The zero-order valence-corrected chi connectivity index (χ0v) is 5.92. The van der Waals surface area contributed by atoms with Crippen LogP contribution in [0.15, 0.2) is 0 Å². The highest BCUT2D eigenvalue weighted by Crippen LogP contribution is 2.23. The van der Waals surface area contributed by atoms with Gasteiger partial charge in [0.05, 0.1) is 6.10 Å². The van der Waals surface area contributed by atoms with Crippen LogP contribution in [0.3, 0.4) is 0 Å². The van der Waals surface area contributed by atoms with E-state index in [0.717, 1.165) is 25.7 Å². The Labute approximate surface area is 60.2 Å². The van der Waals surface area contributed by atoms with Gasteiger partial charge >= 0.3 is 0 Å². The molecule has 0 aliphatic heterocycles. The van der Waals surface area contributed by atoms with Gasteiger partial charge in [0.2, 0.25) is 5.91 Å². The molecule has 0 spiro atoms. The molecule has 0 aromatic rings. The first-order valence-electron chi connectivity index (χ1n) is 3.67. The molecule has 0 heterocycles. The Hall–Kier alpha value is -0.570. The molecule has 0 saturated heterocycles. The Balaban J connectivity index is 2.33. The fourth-order valence-electron chi connectivity index (χ4n) is 1.36. The normalized spacial score (nSPS) is 33.7. The number of aliphatic hydroxyl groups excluding tert-OH is 1. The fraction of sp³-hybridized carbons (Fsp3) is 0.857. The maximum Gasteiger partial charge on any atom is 0.220 e. The molecular formula is C7H13NO2. The molecule has 0 atom stereocenters. The molecule has 3 nitrogen and oxygen atoms in total. The Morgan fingerprint density at radius 1 is 1.30 bits per heavy atom. The van der Waals surface area contributed by atoms with Crippen molar-refractivity contribution in [2.75, 3.05) is 0 Å². The highest BCUT2D eigenvalue weighted by molar-refractivity contribution is 5.76. The molecule has 1 aliphatic carbocycles. The topological polar surface area (TPSA) is 63.3 Å². The number of carbonyl (C=O) groups excluding carboxylic acids is 1. The second-order valence-electron chi connectivity index (χ2n) is 2.91. The minimum Gasteiger partial charge on any atom is -0.393 e. The molecule has 1 fully saturated rings. The van der Waals surface area contributed by atoms with Gasteiger partial charge in [-0.1, -0.05) is 0 Å². The van der Waals surface area contributed by atoms with Crippen LogP contribution in [0.4, 0.5) is 0 Å². The third kappa shape index (κ3) is 1.70. The molecule has 0 radical (unpaired) electrons. The number of rotatable bonds is 1. The number of hydrogen-bond donors (Lipinski definition) is 2. The van der Waals surface area contributed by atoms with E-state index in [9.17, 15) is 4.79 Å². The van der Waals surface area contributed by atoms with Crippen LogP contribution in [0.1, 0.15) is 25.7 Å². The van der Waals surface area contributed by atoms with Gasteiger partial charge in [-0.3, -0.25) is 4.79 Å². The van der Waals surface area contributed by atoms with Crippen LogP contribution in [0, 0.1) is 5.92 Å². The van der Waals surface area contributed by atoms with Gasteiger partial charge in [0, 0.05) is 5.92 Å². The summed E-state index contributed by atoms with van der Waals surface area (Å²) in [6.45, 7) is 0. The average molecular weight is 143 g/mol. The van der Waals surface area contributed by atoms with E-state index in [4.69, 9.17) is 10.8 Å². The van der Waals surface area contributed by atoms with Gasteiger partial charge in [-0.05, 0) is 25.7 Å². The molecule has 3 heteroatoms. The lowest BCUT2D eigenvalue weighted by Gasteiger charge is -2.22. The summed E-state index contributed by atoms with van der Waals surface area (Å²) in [4.78, 5) is 10.6. The zero-order chi connectivity index (χ0) is 7.56. The Morgan fingerprint density at radius 2 is 1.80 bits per heavy atom. The Kier molecular flexibility index (Phi) is 2.27. The van der Waals surface area contributed by atoms with Crippen molar-refractivity contribution in [2.24, 2.45) is 11.7 Å². The van der Waals surface area contributed by atoms with E-state index in [1.807, 2.05) is 0 Å². The first-order valence-corrected chi connectivity index (χ1v) is 3.67. The van der Waals surface area contributed by atoms with Gasteiger partial charge in [0.25, 0.3) is 0 Å². The molecule has 3 N–H and O–H groups in total. The smallest absolute Gasteiger partial charge is 0.220 e. The molecule has 1 amide bonds. The highest BCUT2D eigenvalue weighted by atomic mass is 16.3. The molecule has 1 saturated carbocycles. The van der Waals surface area contributed by atoms with E-state index in [1.165, 1.54) is 0 Å². The average Bonchev–Trinajstić information content (AvgIpc) is 1.88. The van der Waals surface area contributed by atoms with Gasteiger partial charge in [-0.25, -0.2) is 0 Å². The van der Waals surface area contributed by atoms with Gasteiger partial charge in [0.15, 0.2) is 0 Å². The van der Waals surface area contributed by atoms with Crippen molar-refractivity contribution in [3.63, 3.8) is 0 Å². The lowest BCUT2D eigenvalue weighted by Crippen LogP contribution is -2.29. The van der Waals surface area contributed by atoms with Crippen molar-refractivity contribution in [3.05, 3.63) is 0 Å². The molecule has 1 rings (SSSR count). The minimum atomic E-state index is -0.216. The molecule has 0 aromatic heterocycles. The predicted octanol–water partition coefficient (Wildman–Crippen LogP) is 0.0228. The van der Waals surface area contributed by atoms with Crippen molar-refractivity contribution in [2.45, 2.75) is 31.8 Å². The van der Waals surface area contributed by atoms with Crippen LogP contribution < -0.4 is 5.73 Å². The minimum absolute atomic E-state index is 0.0170. The van der Waals surface area contributed by atoms with E-state index in [0.29, 0.717) is 0 Å². The summed E-state index contributed by atoms with van der Waals surface area (Å²) in [6, 6.07) is 0. The third-order valence-electron chi connectivity index (χ3n) is 2.10. The molecule has 0 bridgehead atoms. The van der Waals surface area contributed by atoms with Crippen LogP contribution in [-0.4, -0.2) is 17.1 Å². The van der Waals surface area contributed by atoms with Crippen LogP contribution in [0.5, 0.6) is 0 Å². The molecule has 0 aromatic carbocycles. The summed E-state index contributed by atoms with van der Waals surface area (Å²) in [5, 5.41) is 9.06. The van der Waals surface area contributed by atoms with E-state index < -0.39 is 0 Å². The van der Waals surface area contributed by atoms with Crippen molar-refractivity contribution < 1.29 is 9.90 Å². The van der Waals surface area contributed by atoms with Gasteiger partial charge in [-0.15, -0.1) is 0 Å². The zero-order valence-electron chi connectivity index (χ0n) is 5.92. The second kappa shape index (κ2) is 3.01. The van der Waals surface area contributed by atoms with Gasteiger partial charge in [-0.2, -0.15) is 0 Å². The van der Waals surface area contributed by atoms with Crippen molar-refractivity contribution in [3.8, 4) is 0 Å². The van der Waals surface area contributed by atoms with Gasteiger partial charge in [0.1, 0.15) is 0 Å². The van der Waals surface area contributed by atoms with Gasteiger partial charge < -0.3 is 10.8 Å². The third-order valence-corrected chi connectivity index (χ3v) is 2.10. The number of amides is 1. The first kappa shape index (κ1) is 7.54. The van der Waals surface area contributed by atoms with E-state index in [-0.39, 0.29) is 17.9 Å². The standard InChI is InChI=1S/C7H13NO2/c8-7(10)5-1-3-6(9)4-2-5/h5-6,9H,1-4H2,(H2,8,10). The maximum atomic E-state index is 10.6. The monoisotopic (exact) mass is 143 g/mol. The summed E-state index contributed by atoms with van der Waals surface area (Å²) < 4.78 is 0. The van der Waals surface area contributed by atoms with Crippen LogP contribution in [0.25, 0.3) is 0 Å². The lowest BCUT2D eigenvalue weighted by atomic mass is 9.87. The van der Waals surface area contributed by atoms with E-state index in [1.54, 1.807) is 0 Å². The quantitative estimate of drug-likeness (QED) is 0.543. The highest BCUT2D eigenvalue weighted by Gasteiger charge is 2.22. The van der Waals surface area contributed by atoms with Crippen molar-refractivity contribution >= 4 is 5.91 Å². The van der Waals surface area contributed by atoms with Crippen LogP contribution in [-0.2, 0) is 4.79 Å². The van der Waals surface area contributed by atoms with Crippen molar-refractivity contribution in [1.82, 2.24) is 0 Å². The van der Waals surface area contributed by atoms with E-state index >= 15 is 0 Å². The lowest BCUT2D eigenvalue weighted by molar-refractivity contribution is -0.123. The fourth-order valence-corrected chi connectivity index (χ4v) is 1.36. The van der Waals surface area contributed by atoms with Crippen molar-refractivity contribution in [1.29, 1.82) is 0 Å². The number of hydrogen-bond acceptors (Lipinski definition) is 2. The summed E-state index contributed by atoms with van der Waals surface area (Å²) in [5.41, 5.74) is 5.09. The molecule has 10 heavy (non-hydrogen) atoms. The second-order valence-corrected chi connectivity index (χ2v) is 2.91. The molecular weight excluding hydrogens is 130 g/mol. The largest absolute Gasteiger partial charge is 0.393 e. The van der Waals surface area contributed by atoms with E-state index in [2.05, 4.69) is 0 Å². The summed E-state index contributed by atoms with van der Waals surface area (Å²) in [5.74, 6) is -0.199. The number of nitrogens with two attached hydrogens (primary N) is 1. The molecule has 0 unspecified atom stereocenters. The number of carbonyl (C=O) groups is 1. The predicted molar refractivity (Wildman–Crippen MR) is 37.2 cm³/mol.